The molecule has 0 N–H and O–H groups in total. The predicted octanol–water partition coefficient (Wildman–Crippen LogP) is -0.568. The Labute approximate surface area is 88.8 Å². The third-order valence-electron chi connectivity index (χ3n) is 1.16. The Morgan fingerprint density at radius 2 is 1.57 bits per heavy atom. The Kier molecular flexibility index (Phi) is 5.65. The molecular formula is C7H11ClCrN2O3. The van der Waals surface area contributed by atoms with Crippen molar-refractivity contribution >= 4 is 10.0 Å². The molecule has 7 heteroatoms. The van der Waals surface area contributed by atoms with Crippen molar-refractivity contribution in [1.29, 1.82) is 0 Å². The average Bonchev–Trinajstić information content (AvgIpc) is 2.03. The number of hydrogen-bond acceptors (Lipinski definition) is 4. The van der Waals surface area contributed by atoms with E-state index >= 15 is 0 Å². The number of rotatable bonds is 1. The zero-order valence-electron chi connectivity index (χ0n) is 7.79. The van der Waals surface area contributed by atoms with Crippen LogP contribution in [0.15, 0.2) is 30.6 Å². The summed E-state index contributed by atoms with van der Waals surface area (Å²) in [5, 5.41) is 2.00. The van der Waals surface area contributed by atoms with Crippen LogP contribution in [0.3, 0.4) is 0 Å². The zero-order valence-corrected chi connectivity index (χ0v) is 9.82. The molecule has 1 aromatic rings. The third kappa shape index (κ3) is 9.42. The van der Waals surface area contributed by atoms with Crippen LogP contribution in [0.4, 0.5) is 0 Å². The van der Waals surface area contributed by atoms with Crippen molar-refractivity contribution in [1.82, 2.24) is 0 Å². The number of pyridine rings is 1. The SMILES string of the molecule is CN(C)[n+]1ccccc1.[O]=[Cr](=[O])([O-])[Cl]. The molecule has 5 nitrogen and oxygen atoms in total. The Balaban J connectivity index is 0.000000292. The van der Waals surface area contributed by atoms with Crippen LogP contribution in [0.5, 0.6) is 0 Å². The molecule has 0 amide bonds. The maximum atomic E-state index is 8.91. The van der Waals surface area contributed by atoms with Crippen molar-refractivity contribution in [3.63, 3.8) is 0 Å². The molecule has 80 valence electrons. The number of nitrogens with zero attached hydrogens (tertiary/aromatic N) is 2. The molecule has 1 heterocycles. The Morgan fingerprint density at radius 3 is 1.79 bits per heavy atom. The van der Waals surface area contributed by atoms with Crippen molar-refractivity contribution in [2.75, 3.05) is 19.1 Å². The molecule has 0 spiro atoms. The van der Waals surface area contributed by atoms with Crippen molar-refractivity contribution in [2.24, 2.45) is 0 Å². The normalized spacial score (nSPS) is 10.0. The average molecular weight is 259 g/mol. The van der Waals surface area contributed by atoms with Gasteiger partial charge in [-0.05, 0) is 0 Å². The molecule has 0 aromatic carbocycles. The molecule has 1 aromatic heterocycles. The van der Waals surface area contributed by atoms with Gasteiger partial charge in [0.25, 0.3) is 0 Å². The first-order chi connectivity index (χ1) is 6.30. The van der Waals surface area contributed by atoms with Gasteiger partial charge in [0.2, 0.25) is 0 Å². The molecule has 1 rings (SSSR count). The molecule has 14 heavy (non-hydrogen) atoms. The summed E-state index contributed by atoms with van der Waals surface area (Å²) in [6.07, 6.45) is 4.00. The molecule has 0 aliphatic carbocycles. The number of aromatic nitrogens is 1. The zero-order chi connectivity index (χ0) is 11.2. The van der Waals surface area contributed by atoms with E-state index in [2.05, 4.69) is 10.0 Å². The van der Waals surface area contributed by atoms with E-state index in [0.29, 0.717) is 0 Å². The van der Waals surface area contributed by atoms with Crippen molar-refractivity contribution in [3.05, 3.63) is 30.6 Å². The van der Waals surface area contributed by atoms with Gasteiger partial charge in [-0.15, -0.1) is 0 Å². The van der Waals surface area contributed by atoms with E-state index in [4.69, 9.17) is 11.8 Å². The number of halogens is 1. The fourth-order valence-corrected chi connectivity index (χ4v) is 0.656. The minimum atomic E-state index is -5.03. The Bertz CT molecular complexity index is 344. The van der Waals surface area contributed by atoms with Gasteiger partial charge in [0.15, 0.2) is 12.4 Å². The fourth-order valence-electron chi connectivity index (χ4n) is 0.656. The van der Waals surface area contributed by atoms with E-state index in [0.717, 1.165) is 0 Å². The van der Waals surface area contributed by atoms with Gasteiger partial charge in [0.1, 0.15) is 0 Å². The predicted molar refractivity (Wildman–Crippen MR) is 43.9 cm³/mol. The van der Waals surface area contributed by atoms with Crippen molar-refractivity contribution < 1.29 is 28.8 Å². The van der Waals surface area contributed by atoms with Gasteiger partial charge in [-0.25, -0.2) is 0 Å². The number of hydrogen-bond donors (Lipinski definition) is 0. The summed E-state index contributed by atoms with van der Waals surface area (Å²) in [5.41, 5.74) is 0. The van der Waals surface area contributed by atoms with Crippen LogP contribution in [0.1, 0.15) is 0 Å². The standard InChI is InChI=1S/C7H11N2.ClH.Cr.3O/c1-8(2)9-6-4-3-5-7-9;;;;;/h3-7H,1-2H3;1H;;;;/q+1;;+1;;;-1/p-1. The van der Waals surface area contributed by atoms with Crippen molar-refractivity contribution in [2.45, 2.75) is 0 Å². The van der Waals surface area contributed by atoms with E-state index < -0.39 is 12.4 Å². The Morgan fingerprint density at radius 1 is 1.21 bits per heavy atom. The van der Waals surface area contributed by atoms with E-state index in [1.807, 2.05) is 54.4 Å². The topological polar surface area (TPSA) is 64.3 Å². The minimum absolute atomic E-state index is 2.00. The molecule has 0 unspecified atom stereocenters. The molecule has 0 bridgehead atoms. The van der Waals surface area contributed by atoms with Gasteiger partial charge in [-0.3, -0.25) is 0 Å². The summed E-state index contributed by atoms with van der Waals surface area (Å²) in [6.45, 7) is 0. The van der Waals surface area contributed by atoms with Gasteiger partial charge < -0.3 is 0 Å². The van der Waals surface area contributed by atoms with Gasteiger partial charge in [-0.1, -0.05) is 10.7 Å². The summed E-state index contributed by atoms with van der Waals surface area (Å²) >= 11 is -5.03. The first-order valence-corrected chi connectivity index (χ1v) is 6.91. The van der Waals surface area contributed by atoms with Crippen LogP contribution in [-0.4, -0.2) is 14.1 Å². The van der Waals surface area contributed by atoms with Crippen LogP contribution >= 0.6 is 10.0 Å². The van der Waals surface area contributed by atoms with Gasteiger partial charge >= 0.3 is 34.2 Å². The van der Waals surface area contributed by atoms with Crippen LogP contribution in [-0.2, 0) is 20.0 Å². The Hall–Kier alpha value is -0.668. The summed E-state index contributed by atoms with van der Waals surface area (Å²) in [4.78, 5) is 0. The molecule has 0 aliphatic heterocycles. The van der Waals surface area contributed by atoms with E-state index in [1.165, 1.54) is 0 Å². The third-order valence-corrected chi connectivity index (χ3v) is 1.16. The molecular weight excluding hydrogens is 248 g/mol. The maximum absolute atomic E-state index is 8.91. The van der Waals surface area contributed by atoms with Crippen LogP contribution < -0.4 is 13.8 Å². The quantitative estimate of drug-likeness (QED) is 0.633. The van der Waals surface area contributed by atoms with Gasteiger partial charge in [-0.2, -0.15) is 5.01 Å². The van der Waals surface area contributed by atoms with E-state index in [9.17, 15) is 0 Å². The van der Waals surface area contributed by atoms with Gasteiger partial charge in [0.05, 0.1) is 14.1 Å². The molecule has 0 atom stereocenters. The molecule has 0 fully saturated rings. The molecule has 0 aliphatic rings. The van der Waals surface area contributed by atoms with Crippen LogP contribution in [0.2, 0.25) is 0 Å². The summed E-state index contributed by atoms with van der Waals surface area (Å²) in [5.74, 6) is 0. The molecule has 0 saturated carbocycles. The van der Waals surface area contributed by atoms with Crippen LogP contribution in [0, 0.1) is 0 Å². The molecule has 0 saturated heterocycles. The first-order valence-electron chi connectivity index (χ1n) is 3.60. The second-order valence-corrected chi connectivity index (χ2v) is 5.28. The molecule has 0 radical (unpaired) electrons. The fraction of sp³-hybridized carbons (Fsp3) is 0.286. The summed E-state index contributed by atoms with van der Waals surface area (Å²) in [7, 11) is 8.02. The summed E-state index contributed by atoms with van der Waals surface area (Å²) < 4.78 is 28.7. The second kappa shape index (κ2) is 5.94. The van der Waals surface area contributed by atoms with Crippen molar-refractivity contribution in [3.8, 4) is 0 Å². The van der Waals surface area contributed by atoms with Crippen LogP contribution in [0.25, 0.3) is 0 Å². The second-order valence-electron chi connectivity index (χ2n) is 2.50. The monoisotopic (exact) mass is 258 g/mol. The van der Waals surface area contributed by atoms with Gasteiger partial charge in [0, 0.05) is 12.1 Å². The summed E-state index contributed by atoms with van der Waals surface area (Å²) in [6, 6.07) is 6.00. The van der Waals surface area contributed by atoms with E-state index in [-0.39, 0.29) is 0 Å². The van der Waals surface area contributed by atoms with E-state index in [1.54, 1.807) is 0 Å². The first kappa shape index (κ1) is 13.3.